The Morgan fingerprint density at radius 2 is 0.643 bits per heavy atom. The summed E-state index contributed by atoms with van der Waals surface area (Å²) in [5.74, 6) is 3.39. The van der Waals surface area contributed by atoms with Crippen LogP contribution in [0.3, 0.4) is 0 Å². The van der Waals surface area contributed by atoms with Crippen molar-refractivity contribution in [3.05, 3.63) is 24.3 Å². The van der Waals surface area contributed by atoms with Gasteiger partial charge in [0.1, 0.15) is 23.0 Å². The van der Waals surface area contributed by atoms with Gasteiger partial charge in [-0.1, -0.05) is 0 Å². The zero-order chi connectivity index (χ0) is 19.9. The first-order valence-corrected chi connectivity index (χ1v) is 17.2. The monoisotopic (exact) mass is 528 g/mol. The molecule has 0 N–H and O–H groups in total. The van der Waals surface area contributed by atoms with Crippen molar-refractivity contribution >= 4 is 82.5 Å². The van der Waals surface area contributed by atoms with Crippen LogP contribution in [0.4, 0.5) is 0 Å². The summed E-state index contributed by atoms with van der Waals surface area (Å²) < 4.78 is 22.4. The van der Waals surface area contributed by atoms with Crippen LogP contribution in [0.5, 0.6) is 23.0 Å². The van der Waals surface area contributed by atoms with Crippen LogP contribution in [0, 0.1) is 0 Å². The molecule has 6 rings (SSSR count). The van der Waals surface area contributed by atoms with E-state index in [4.69, 9.17) is 18.9 Å². The summed E-state index contributed by atoms with van der Waals surface area (Å²) in [6.07, 6.45) is 0. The quantitative estimate of drug-likeness (QED) is 0.359. The number of ether oxygens (including phenoxy) is 4. The smallest absolute Gasteiger partial charge is 0.134 e. The van der Waals surface area contributed by atoms with Gasteiger partial charge in [-0.05, 0) is 107 Å². The van der Waals surface area contributed by atoms with Crippen LogP contribution in [-0.4, -0.2) is 28.4 Å². The lowest BCUT2D eigenvalue weighted by atomic mass is 10.3. The normalized spacial score (nSPS) is 14.7. The third-order valence-electron chi connectivity index (χ3n) is 3.45. The predicted molar refractivity (Wildman–Crippen MR) is 133 cm³/mol. The first-order valence-electron chi connectivity index (χ1n) is 7.58. The van der Waals surface area contributed by atoms with Gasteiger partial charge in [0.2, 0.25) is 0 Å². The van der Waals surface area contributed by atoms with Crippen LogP contribution < -0.4 is 18.9 Å². The van der Waals surface area contributed by atoms with Gasteiger partial charge in [0.05, 0.1) is 48.0 Å². The molecule has 0 unspecified atom stereocenters. The van der Waals surface area contributed by atoms with Crippen molar-refractivity contribution in [2.45, 2.75) is 19.6 Å². The first-order chi connectivity index (χ1) is 13.7. The molecule has 28 heavy (non-hydrogen) atoms. The fourth-order valence-electron chi connectivity index (χ4n) is 2.15. The lowest BCUT2D eigenvalue weighted by Crippen LogP contribution is -1.91. The van der Waals surface area contributed by atoms with Gasteiger partial charge in [0, 0.05) is 0 Å². The average Bonchev–Trinajstić information content (AvgIpc) is 2.73. The summed E-state index contributed by atoms with van der Waals surface area (Å²) in [4.78, 5) is 4.11. The number of methoxy groups -OCH3 is 4. The third-order valence-corrected chi connectivity index (χ3v) is 15.6. The third kappa shape index (κ3) is 5.77. The predicted octanol–water partition coefficient (Wildman–Crippen LogP) is 8.23. The van der Waals surface area contributed by atoms with Crippen LogP contribution in [0.2, 0.25) is 0 Å². The van der Waals surface area contributed by atoms with E-state index < -0.39 is 0 Å². The van der Waals surface area contributed by atoms with E-state index in [1.54, 1.807) is 111 Å². The number of benzene rings is 2. The van der Waals surface area contributed by atoms with Crippen molar-refractivity contribution in [3.63, 3.8) is 0 Å². The molecule has 0 fully saturated rings. The molecule has 4 heterocycles. The highest BCUT2D eigenvalue weighted by atomic mass is 33.7. The Labute approximate surface area is 195 Å². The highest BCUT2D eigenvalue weighted by Crippen LogP contribution is 2.58. The van der Waals surface area contributed by atoms with Crippen molar-refractivity contribution in [1.29, 1.82) is 0 Å². The van der Waals surface area contributed by atoms with Crippen LogP contribution >= 0.6 is 82.5 Å². The number of hydrogen-bond donors (Lipinski definition) is 0. The van der Waals surface area contributed by atoms with Gasteiger partial charge in [0.25, 0.3) is 0 Å². The molecule has 0 saturated carbocycles. The van der Waals surface area contributed by atoms with Gasteiger partial charge >= 0.3 is 0 Å². The van der Waals surface area contributed by atoms with E-state index in [1.165, 1.54) is 0 Å². The molecule has 2 aromatic rings. The Bertz CT molecular complexity index is 685. The lowest BCUT2D eigenvalue weighted by molar-refractivity contribution is 0.386. The molecule has 4 nitrogen and oxygen atoms in total. The molecular formula is C16H16O4S8. The summed E-state index contributed by atoms with van der Waals surface area (Å²) >= 11 is 0. The molecule has 0 aliphatic carbocycles. The van der Waals surface area contributed by atoms with Gasteiger partial charge in [-0.15, -0.1) is 0 Å². The number of hydrogen-bond acceptors (Lipinski definition) is 12. The Morgan fingerprint density at radius 1 is 0.429 bits per heavy atom. The van der Waals surface area contributed by atoms with Crippen molar-refractivity contribution in [2.75, 3.05) is 28.4 Å². The lowest BCUT2D eigenvalue weighted by Gasteiger charge is -2.15. The molecule has 0 amide bonds. The number of rotatable bonds is 4. The topological polar surface area (TPSA) is 36.9 Å². The maximum atomic E-state index is 5.59. The van der Waals surface area contributed by atoms with E-state index in [0.717, 1.165) is 42.6 Å². The van der Waals surface area contributed by atoms with E-state index in [-0.39, 0.29) is 0 Å². The van der Waals surface area contributed by atoms with Gasteiger partial charge < -0.3 is 18.9 Å². The van der Waals surface area contributed by atoms with Crippen LogP contribution in [0.25, 0.3) is 0 Å². The minimum Gasteiger partial charge on any atom is -0.496 e. The molecule has 4 aliphatic heterocycles. The minimum absolute atomic E-state index is 0.847. The second kappa shape index (κ2) is 11.7. The molecular weight excluding hydrogens is 513 g/mol. The summed E-state index contributed by atoms with van der Waals surface area (Å²) in [5, 5.41) is 0. The van der Waals surface area contributed by atoms with Crippen LogP contribution in [0.1, 0.15) is 0 Å². The van der Waals surface area contributed by atoms with Gasteiger partial charge in [0.15, 0.2) is 0 Å². The van der Waals surface area contributed by atoms with Gasteiger partial charge in [-0.3, -0.25) is 0 Å². The van der Waals surface area contributed by atoms with E-state index in [1.807, 2.05) is 24.3 Å². The minimum atomic E-state index is 0.847. The largest absolute Gasteiger partial charge is 0.496 e. The molecule has 0 spiro atoms. The fourth-order valence-corrected chi connectivity index (χ4v) is 13.5. The summed E-state index contributed by atoms with van der Waals surface area (Å²) in [7, 11) is 20.0. The van der Waals surface area contributed by atoms with E-state index >= 15 is 0 Å². The summed E-state index contributed by atoms with van der Waals surface area (Å²) in [5.41, 5.74) is 0. The zero-order valence-electron chi connectivity index (χ0n) is 15.2. The average molecular weight is 529 g/mol. The molecule has 0 radical (unpaired) electrons. The van der Waals surface area contributed by atoms with Crippen LogP contribution in [0.15, 0.2) is 43.8 Å². The molecule has 0 saturated heterocycles. The van der Waals surface area contributed by atoms with E-state index in [0.29, 0.717) is 0 Å². The van der Waals surface area contributed by atoms with Crippen molar-refractivity contribution < 1.29 is 18.9 Å². The molecule has 4 aliphatic rings. The Balaban J connectivity index is 1.91. The molecule has 4 bridgehead atoms. The summed E-state index contributed by atoms with van der Waals surface area (Å²) in [6, 6.07) is 8.13. The fraction of sp³-hybridized carbons (Fsp3) is 0.250. The highest BCUT2D eigenvalue weighted by molar-refractivity contribution is 9.26. The van der Waals surface area contributed by atoms with Crippen molar-refractivity contribution in [2.24, 2.45) is 0 Å². The molecule has 152 valence electrons. The highest BCUT2D eigenvalue weighted by Gasteiger charge is 2.17. The maximum absolute atomic E-state index is 5.59. The summed E-state index contributed by atoms with van der Waals surface area (Å²) in [6.45, 7) is 0. The standard InChI is InChI=1S/C16H16O4S8/c1-17-9-5-14-10(18-2)6-13(9)21-25-27-23-15-7-12(20-4)16(8-11(15)19-3)24-28-26-22-14/h5-8H,1-4H3. The van der Waals surface area contributed by atoms with Crippen molar-refractivity contribution in [3.8, 4) is 23.0 Å². The molecule has 12 heteroatoms. The van der Waals surface area contributed by atoms with Gasteiger partial charge in [-0.2, -0.15) is 0 Å². The van der Waals surface area contributed by atoms with Crippen LogP contribution in [-0.2, 0) is 0 Å². The SMILES string of the molecule is COc1cc2c(OC)cc1SSSSc1cc(OC)c(cc1OC)SSSS2. The first kappa shape index (κ1) is 23.1. The Kier molecular flexibility index (Phi) is 9.68. The van der Waals surface area contributed by atoms with Gasteiger partial charge in [-0.25, -0.2) is 0 Å². The zero-order valence-corrected chi connectivity index (χ0v) is 21.7. The Morgan fingerprint density at radius 3 is 0.821 bits per heavy atom. The molecule has 0 atom stereocenters. The maximum Gasteiger partial charge on any atom is 0.134 e. The molecule has 2 aromatic carbocycles. The Hall–Kier alpha value is 0.440. The molecule has 0 aromatic heterocycles. The second-order valence-electron chi connectivity index (χ2n) is 4.91. The van der Waals surface area contributed by atoms with E-state index in [9.17, 15) is 0 Å². The second-order valence-corrected chi connectivity index (χ2v) is 16.4. The van der Waals surface area contributed by atoms with Crippen molar-refractivity contribution in [1.82, 2.24) is 0 Å². The van der Waals surface area contributed by atoms with E-state index in [2.05, 4.69) is 0 Å².